The fourth-order valence-electron chi connectivity index (χ4n) is 9.58. The summed E-state index contributed by atoms with van der Waals surface area (Å²) >= 11 is 0. The Bertz CT molecular complexity index is 3050. The van der Waals surface area contributed by atoms with Gasteiger partial charge in [0.05, 0.1) is 5.92 Å². The summed E-state index contributed by atoms with van der Waals surface area (Å²) in [6.45, 7) is 0. The Hall–Kier alpha value is -5.74. The van der Waals surface area contributed by atoms with E-state index in [-0.39, 0.29) is 0 Å². The van der Waals surface area contributed by atoms with Gasteiger partial charge in [-0.25, -0.2) is 132 Å². The Morgan fingerprint density at radius 2 is 0.324 bits per heavy atom. The summed E-state index contributed by atoms with van der Waals surface area (Å²) in [5.74, 6) is -50.3. The number of hydrogen-bond donors (Lipinski definition) is 0. The number of alkyl halides is 15. The minimum atomic E-state index is -4.53. The zero-order chi connectivity index (χ0) is 55.4. The predicted octanol–water partition coefficient (Wildman–Crippen LogP) is 15.8. The highest BCUT2D eigenvalue weighted by atomic mass is 19.2. The summed E-state index contributed by atoms with van der Waals surface area (Å²) in [5.41, 5.74) is -35.0. The van der Waals surface area contributed by atoms with Crippen molar-refractivity contribution in [2.45, 2.75) is 92.6 Å². The average molecular weight is 1110 g/mol. The van der Waals surface area contributed by atoms with Crippen LogP contribution in [-0.2, 0) is 0 Å². The topological polar surface area (TPSA) is 0 Å². The third-order valence-corrected chi connectivity index (χ3v) is 13.0. The quantitative estimate of drug-likeness (QED) is 0.241. The van der Waals surface area contributed by atoms with Gasteiger partial charge in [-0.3, -0.25) is 0 Å². The monoisotopic (exact) mass is 1110 g/mol. The molecule has 16 unspecified atom stereocenters. The summed E-state index contributed by atoms with van der Waals surface area (Å²) in [6.07, 6.45) is -63.1. The lowest BCUT2D eigenvalue weighted by molar-refractivity contribution is 0.0752. The molecule has 0 radical (unpaired) electrons. The van der Waals surface area contributed by atoms with E-state index in [2.05, 4.69) is 0 Å². The fraction of sp³-hybridized carbons (Fsp3) is 0.364. The highest BCUT2D eigenvalue weighted by Gasteiger charge is 2.59. The predicted molar refractivity (Wildman–Crippen MR) is 192 cm³/mol. The van der Waals surface area contributed by atoms with Gasteiger partial charge in [0.25, 0.3) is 0 Å². The molecule has 402 valence electrons. The van der Waals surface area contributed by atoms with Crippen LogP contribution in [-0.4, -0.2) is 92.6 Å². The maximum atomic E-state index is 15.8. The molecule has 0 heterocycles. The fourth-order valence-corrected chi connectivity index (χ4v) is 9.58. The van der Waals surface area contributed by atoms with E-state index in [1.807, 2.05) is 0 Å². The summed E-state index contributed by atoms with van der Waals surface area (Å²) in [6, 6.07) is 0. The lowest BCUT2D eigenvalue weighted by Crippen LogP contribution is -2.44. The summed E-state index contributed by atoms with van der Waals surface area (Å²) < 4.78 is 457. The van der Waals surface area contributed by atoms with Gasteiger partial charge in [-0.2, -0.15) is 0 Å². The van der Waals surface area contributed by atoms with Gasteiger partial charge in [0, 0.05) is 72.5 Å². The molecular weight excluding hydrogens is 1100 g/mol. The van der Waals surface area contributed by atoms with Gasteiger partial charge in [0.2, 0.25) is 0 Å². The molecule has 0 aromatic heterocycles. The molecule has 0 aliphatic heterocycles. The van der Waals surface area contributed by atoms with Crippen molar-refractivity contribution in [3.63, 3.8) is 0 Å². The first kappa shape index (κ1) is 54.5. The molecule has 0 saturated carbocycles. The van der Waals surface area contributed by atoms with Crippen molar-refractivity contribution < 1.29 is 132 Å². The van der Waals surface area contributed by atoms with E-state index in [9.17, 15) is 39.5 Å². The number of halogens is 30. The Morgan fingerprint density at radius 3 is 0.608 bits per heavy atom. The molecule has 0 nitrogen and oxygen atoms in total. The van der Waals surface area contributed by atoms with Crippen molar-refractivity contribution in [1.82, 2.24) is 0 Å². The molecule has 30 heteroatoms. The van der Waals surface area contributed by atoms with Crippen LogP contribution in [0.4, 0.5) is 132 Å². The van der Waals surface area contributed by atoms with Crippen LogP contribution < -0.4 is 0 Å². The lowest BCUT2D eigenvalue weighted by Gasteiger charge is -2.38. The van der Waals surface area contributed by atoms with Crippen LogP contribution in [0.2, 0.25) is 0 Å². The smallest absolute Gasteiger partial charge is 0.190 e. The van der Waals surface area contributed by atoms with Gasteiger partial charge >= 0.3 is 0 Å². The number of hydrogen-bond acceptors (Lipinski definition) is 0. The molecule has 8 aliphatic carbocycles. The molecule has 0 fully saturated rings. The standard InChI is InChI=1S/C44H16F30/c45-15-1(17(47)23(53)7-3(15)37(67)41(71)43(73)39(7)69)5-19(49)25(55)9(26(56)20(5)50)11-29(59)33(63)13(34(64)30(11)60)14-35(65)31(61)12(32(62)36(14)66)10-27(57)21(51)6(22(52)28(10)58)2-16(46)4-8(24(54)18(2)48)40(70)44(74)42(72)38(4)68/h3,15,18-19,21,24-25,27,29,31,33,35,37-38,41-42H. The van der Waals surface area contributed by atoms with Gasteiger partial charge in [0.15, 0.2) is 162 Å². The highest BCUT2D eigenvalue weighted by molar-refractivity contribution is 5.69. The number of fused-ring (bicyclic) bond motifs is 1. The van der Waals surface area contributed by atoms with Crippen LogP contribution in [0.1, 0.15) is 0 Å². The van der Waals surface area contributed by atoms with Crippen LogP contribution in [0.5, 0.6) is 0 Å². The van der Waals surface area contributed by atoms with Crippen LogP contribution >= 0.6 is 0 Å². The second-order valence-electron chi connectivity index (χ2n) is 16.8. The SMILES string of the molecule is FC1=C(F)C(F)C(F)C2=C1C(F)C(F)C(C1=C(F)C(F)=C(C3=C(F)C(F)=C(C4=C(F)C(F)=C(C5=C(F)C(F)=C(C6=C(F)C(F)=C7C(F)=C(F)C(F)C(F)C7C6F)C(F)C5F)C(F)C4F)C(F)C3F)C(F)C1F)=C2F. The van der Waals surface area contributed by atoms with Gasteiger partial charge in [-0.1, -0.05) is 0 Å². The molecule has 0 bridgehead atoms. The maximum Gasteiger partial charge on any atom is 0.190 e. The molecule has 74 heavy (non-hydrogen) atoms. The Morgan fingerprint density at radius 1 is 0.149 bits per heavy atom. The minimum absolute atomic E-state index is 2.26. The largest absolute Gasteiger partial charge is 0.243 e. The molecule has 0 saturated heterocycles. The first-order valence-electron chi connectivity index (χ1n) is 20.2. The highest BCUT2D eigenvalue weighted by Crippen LogP contribution is 2.58. The van der Waals surface area contributed by atoms with E-state index in [0.717, 1.165) is 0 Å². The molecule has 8 aliphatic rings. The van der Waals surface area contributed by atoms with Crippen molar-refractivity contribution in [2.75, 3.05) is 0 Å². The Kier molecular flexibility index (Phi) is 13.6. The zero-order valence-corrected chi connectivity index (χ0v) is 34.6. The molecule has 0 aromatic carbocycles. The van der Waals surface area contributed by atoms with Crippen molar-refractivity contribution in [3.05, 3.63) is 160 Å². The second kappa shape index (κ2) is 18.5. The van der Waals surface area contributed by atoms with Crippen LogP contribution in [0.25, 0.3) is 0 Å². The molecule has 0 spiro atoms. The maximum absolute atomic E-state index is 15.8. The van der Waals surface area contributed by atoms with E-state index in [0.29, 0.717) is 0 Å². The lowest BCUT2D eigenvalue weighted by atomic mass is 9.72. The van der Waals surface area contributed by atoms with Gasteiger partial charge in [0.1, 0.15) is 18.2 Å². The van der Waals surface area contributed by atoms with E-state index in [1.165, 1.54) is 0 Å². The molecular formula is C44H16F30. The number of rotatable bonds is 5. The second-order valence-corrected chi connectivity index (χ2v) is 16.8. The van der Waals surface area contributed by atoms with Crippen LogP contribution in [0.15, 0.2) is 160 Å². The van der Waals surface area contributed by atoms with Crippen LogP contribution in [0.3, 0.4) is 0 Å². The first-order valence-corrected chi connectivity index (χ1v) is 20.2. The number of allylic oxidation sites excluding steroid dienone is 28. The van der Waals surface area contributed by atoms with Crippen molar-refractivity contribution in [2.24, 2.45) is 5.92 Å². The third kappa shape index (κ3) is 7.18. The normalized spacial score (nSPS) is 38.2. The van der Waals surface area contributed by atoms with E-state index < -0.39 is 258 Å². The molecule has 0 amide bonds. The van der Waals surface area contributed by atoms with Gasteiger partial charge < -0.3 is 0 Å². The third-order valence-electron chi connectivity index (χ3n) is 13.0. The summed E-state index contributed by atoms with van der Waals surface area (Å²) in [5, 5.41) is 0. The molecule has 8 rings (SSSR count). The summed E-state index contributed by atoms with van der Waals surface area (Å²) in [4.78, 5) is 0. The Balaban J connectivity index is 1.24. The zero-order valence-electron chi connectivity index (χ0n) is 34.6. The van der Waals surface area contributed by atoms with Crippen molar-refractivity contribution >= 4 is 0 Å². The molecule has 0 N–H and O–H groups in total. The van der Waals surface area contributed by atoms with Crippen molar-refractivity contribution in [3.8, 4) is 0 Å². The van der Waals surface area contributed by atoms with E-state index >= 15 is 92.2 Å². The van der Waals surface area contributed by atoms with Crippen molar-refractivity contribution in [1.29, 1.82) is 0 Å². The minimum Gasteiger partial charge on any atom is -0.243 e. The van der Waals surface area contributed by atoms with E-state index in [4.69, 9.17) is 0 Å². The Labute approximate surface area is 390 Å². The van der Waals surface area contributed by atoms with Crippen LogP contribution in [0, 0.1) is 5.92 Å². The summed E-state index contributed by atoms with van der Waals surface area (Å²) in [7, 11) is 0. The van der Waals surface area contributed by atoms with E-state index in [1.54, 1.807) is 0 Å². The molecule has 0 aromatic rings. The average Bonchev–Trinajstić information content (AvgIpc) is 3.35. The molecule has 16 atom stereocenters. The first-order chi connectivity index (χ1) is 34.3. The van der Waals surface area contributed by atoms with Gasteiger partial charge in [-0.15, -0.1) is 0 Å². The van der Waals surface area contributed by atoms with Gasteiger partial charge in [-0.05, 0) is 0 Å².